The third kappa shape index (κ3) is 7.27. The first-order valence-electron chi connectivity index (χ1n) is 11.9. The summed E-state index contributed by atoms with van der Waals surface area (Å²) in [6.45, 7) is 2.92. The number of thioether (sulfide) groups is 1. The fourth-order valence-electron chi connectivity index (χ4n) is 3.74. The molecule has 3 aromatic carbocycles. The Balaban J connectivity index is 1.50. The van der Waals surface area contributed by atoms with Crippen molar-refractivity contribution in [1.82, 2.24) is 4.90 Å². The van der Waals surface area contributed by atoms with Crippen molar-refractivity contribution in [3.8, 4) is 11.5 Å². The van der Waals surface area contributed by atoms with Crippen molar-refractivity contribution in [3.63, 3.8) is 0 Å². The van der Waals surface area contributed by atoms with E-state index in [4.69, 9.17) is 26.1 Å². The number of methoxy groups -OCH3 is 1. The quantitative estimate of drug-likeness (QED) is 0.365. The molecule has 2 amide bonds. The molecule has 1 N–H and O–H groups in total. The van der Waals surface area contributed by atoms with Gasteiger partial charge in [0.15, 0.2) is 5.17 Å². The molecule has 1 aliphatic heterocycles. The van der Waals surface area contributed by atoms with Crippen LogP contribution in [0.5, 0.6) is 11.5 Å². The predicted octanol–water partition coefficient (Wildman–Crippen LogP) is 5.95. The Morgan fingerprint density at radius 3 is 2.38 bits per heavy atom. The lowest BCUT2D eigenvalue weighted by Crippen LogP contribution is -2.46. The number of amidine groups is 1. The Morgan fingerprint density at radius 2 is 1.73 bits per heavy atom. The number of rotatable bonds is 9. The van der Waals surface area contributed by atoms with Crippen molar-refractivity contribution in [2.45, 2.75) is 25.0 Å². The van der Waals surface area contributed by atoms with Crippen LogP contribution in [-0.4, -0.2) is 47.4 Å². The van der Waals surface area contributed by atoms with Crippen molar-refractivity contribution >= 4 is 51.7 Å². The number of benzene rings is 3. The van der Waals surface area contributed by atoms with Gasteiger partial charge in [-0.3, -0.25) is 14.5 Å². The van der Waals surface area contributed by atoms with Crippen LogP contribution < -0.4 is 14.8 Å². The summed E-state index contributed by atoms with van der Waals surface area (Å²) >= 11 is 7.31. The Bertz CT molecular complexity index is 1250. The molecule has 37 heavy (non-hydrogen) atoms. The number of nitrogens with zero attached hydrogens (tertiary/aromatic N) is 2. The van der Waals surface area contributed by atoms with Crippen LogP contribution in [0, 0.1) is 0 Å². The smallest absolute Gasteiger partial charge is 0.238 e. The fraction of sp³-hybridized carbons (Fsp3) is 0.250. The number of ether oxygens (including phenoxy) is 2. The summed E-state index contributed by atoms with van der Waals surface area (Å²) in [7, 11) is 1.63. The third-order valence-corrected chi connectivity index (χ3v) is 7.14. The molecular weight excluding hydrogens is 510 g/mol. The van der Waals surface area contributed by atoms with E-state index in [9.17, 15) is 9.59 Å². The second kappa shape index (κ2) is 12.7. The minimum absolute atomic E-state index is 0.0791. The first-order chi connectivity index (χ1) is 17.9. The Morgan fingerprint density at radius 1 is 1.05 bits per heavy atom. The zero-order chi connectivity index (χ0) is 26.2. The first-order valence-corrected chi connectivity index (χ1v) is 13.2. The van der Waals surface area contributed by atoms with E-state index in [1.165, 1.54) is 11.8 Å². The monoisotopic (exact) mass is 537 g/mol. The summed E-state index contributed by atoms with van der Waals surface area (Å²) in [6, 6.07) is 22.0. The molecule has 0 aromatic heterocycles. The number of anilines is 1. The summed E-state index contributed by atoms with van der Waals surface area (Å²) < 4.78 is 10.7. The van der Waals surface area contributed by atoms with Crippen LogP contribution in [0.2, 0.25) is 5.02 Å². The largest absolute Gasteiger partial charge is 0.497 e. The highest BCUT2D eigenvalue weighted by Crippen LogP contribution is 2.31. The molecular formula is C28H28ClN3O4S. The molecule has 0 bridgehead atoms. The highest BCUT2D eigenvalue weighted by molar-refractivity contribution is 8.15. The van der Waals surface area contributed by atoms with Gasteiger partial charge in [0.05, 0.1) is 19.4 Å². The molecule has 0 aliphatic carbocycles. The molecule has 3 aromatic rings. The molecule has 1 atom stereocenters. The van der Waals surface area contributed by atoms with Gasteiger partial charge in [-0.2, -0.15) is 0 Å². The van der Waals surface area contributed by atoms with Gasteiger partial charge in [0, 0.05) is 23.7 Å². The standard InChI is InChI=1S/C28H28ClN3O4S/c1-3-36-24-14-10-21(11-15-24)30-27(34)25-18-26(33)32(17-16-19-4-12-23(35-2)13-5-19)28(37-25)31-22-8-6-20(29)7-9-22/h4-15,25H,3,16-18H2,1-2H3,(H,30,34). The SMILES string of the molecule is CCOc1ccc(NC(=O)C2CC(=O)N(CCc3ccc(OC)cc3)C(=Nc3ccc(Cl)cc3)S2)cc1. The molecule has 7 nitrogen and oxygen atoms in total. The van der Waals surface area contributed by atoms with Crippen LogP contribution in [-0.2, 0) is 16.0 Å². The Hall–Kier alpha value is -3.49. The molecule has 1 unspecified atom stereocenters. The summed E-state index contributed by atoms with van der Waals surface area (Å²) in [5, 5.41) is 3.38. The number of halogens is 1. The summed E-state index contributed by atoms with van der Waals surface area (Å²) in [5.74, 6) is 1.11. The van der Waals surface area contributed by atoms with Gasteiger partial charge in [0.2, 0.25) is 11.8 Å². The van der Waals surface area contributed by atoms with Crippen LogP contribution in [0.15, 0.2) is 77.8 Å². The molecule has 0 spiro atoms. The van der Waals surface area contributed by atoms with E-state index in [0.29, 0.717) is 41.1 Å². The second-order valence-electron chi connectivity index (χ2n) is 8.27. The number of hydrogen-bond donors (Lipinski definition) is 1. The topological polar surface area (TPSA) is 80.2 Å². The van der Waals surface area contributed by atoms with Gasteiger partial charge in [-0.05, 0) is 79.6 Å². The van der Waals surface area contributed by atoms with Crippen LogP contribution >= 0.6 is 23.4 Å². The van der Waals surface area contributed by atoms with Crippen LogP contribution in [0.4, 0.5) is 11.4 Å². The number of amides is 2. The Kier molecular flexibility index (Phi) is 9.09. The van der Waals surface area contributed by atoms with Crippen molar-refractivity contribution in [2.24, 2.45) is 4.99 Å². The van der Waals surface area contributed by atoms with Gasteiger partial charge < -0.3 is 14.8 Å². The molecule has 0 saturated carbocycles. The highest BCUT2D eigenvalue weighted by atomic mass is 35.5. The predicted molar refractivity (Wildman–Crippen MR) is 149 cm³/mol. The minimum Gasteiger partial charge on any atom is -0.497 e. The fourth-order valence-corrected chi connectivity index (χ4v) is 5.00. The van der Waals surface area contributed by atoms with Crippen molar-refractivity contribution in [3.05, 3.63) is 83.4 Å². The summed E-state index contributed by atoms with van der Waals surface area (Å²) in [4.78, 5) is 32.7. The average molecular weight is 538 g/mol. The maximum Gasteiger partial charge on any atom is 0.238 e. The van der Waals surface area contributed by atoms with Crippen LogP contribution in [0.1, 0.15) is 18.9 Å². The van der Waals surface area contributed by atoms with Gasteiger partial charge in [-0.15, -0.1) is 0 Å². The lowest BCUT2D eigenvalue weighted by atomic mass is 10.1. The van der Waals surface area contributed by atoms with Gasteiger partial charge in [-0.1, -0.05) is 35.5 Å². The molecule has 1 fully saturated rings. The van der Waals surface area contributed by atoms with E-state index < -0.39 is 5.25 Å². The van der Waals surface area contributed by atoms with E-state index in [0.717, 1.165) is 17.1 Å². The minimum atomic E-state index is -0.609. The number of carbonyl (C=O) groups is 2. The van der Waals surface area contributed by atoms with Gasteiger partial charge in [0.25, 0.3) is 0 Å². The van der Waals surface area contributed by atoms with E-state index in [1.807, 2.05) is 31.2 Å². The maximum absolute atomic E-state index is 13.2. The zero-order valence-corrected chi connectivity index (χ0v) is 22.2. The molecule has 1 saturated heterocycles. The molecule has 4 rings (SSSR count). The Labute approximate surface area is 225 Å². The van der Waals surface area contributed by atoms with Gasteiger partial charge in [0.1, 0.15) is 16.7 Å². The van der Waals surface area contributed by atoms with E-state index in [2.05, 4.69) is 5.32 Å². The molecule has 9 heteroatoms. The van der Waals surface area contributed by atoms with Crippen molar-refractivity contribution in [1.29, 1.82) is 0 Å². The summed E-state index contributed by atoms with van der Waals surface area (Å²) in [5.41, 5.74) is 2.36. The second-order valence-corrected chi connectivity index (χ2v) is 9.88. The van der Waals surface area contributed by atoms with E-state index in [1.54, 1.807) is 60.5 Å². The highest BCUT2D eigenvalue weighted by Gasteiger charge is 2.35. The van der Waals surface area contributed by atoms with Crippen molar-refractivity contribution in [2.75, 3.05) is 25.6 Å². The van der Waals surface area contributed by atoms with E-state index in [-0.39, 0.29) is 18.2 Å². The molecule has 192 valence electrons. The normalized spacial score (nSPS) is 16.5. The first kappa shape index (κ1) is 26.6. The lowest BCUT2D eigenvalue weighted by molar-refractivity contribution is -0.129. The number of nitrogens with one attached hydrogen (secondary N) is 1. The van der Waals surface area contributed by atoms with Gasteiger partial charge >= 0.3 is 0 Å². The number of hydrogen-bond acceptors (Lipinski definition) is 6. The number of aliphatic imine (C=N–C) groups is 1. The van der Waals surface area contributed by atoms with Crippen LogP contribution in [0.25, 0.3) is 0 Å². The maximum atomic E-state index is 13.2. The van der Waals surface area contributed by atoms with E-state index >= 15 is 0 Å². The molecule has 1 heterocycles. The lowest BCUT2D eigenvalue weighted by Gasteiger charge is -2.32. The molecule has 0 radical (unpaired) electrons. The van der Waals surface area contributed by atoms with Crippen molar-refractivity contribution < 1.29 is 19.1 Å². The van der Waals surface area contributed by atoms with Gasteiger partial charge in [-0.25, -0.2) is 4.99 Å². The zero-order valence-electron chi connectivity index (χ0n) is 20.6. The average Bonchev–Trinajstić information content (AvgIpc) is 2.91. The molecule has 1 aliphatic rings. The van der Waals surface area contributed by atoms with Crippen LogP contribution in [0.3, 0.4) is 0 Å². The third-order valence-electron chi connectivity index (χ3n) is 5.70. The number of carbonyl (C=O) groups excluding carboxylic acids is 2. The summed E-state index contributed by atoms with van der Waals surface area (Å²) in [6.07, 6.45) is 0.717.